The largest absolute Gasteiger partial charge is 0.113 e. The fourth-order valence-electron chi connectivity index (χ4n) is 2.47. The van der Waals surface area contributed by atoms with Crippen LogP contribution in [-0.4, -0.2) is 0 Å². The van der Waals surface area contributed by atoms with Crippen LogP contribution in [0, 0.1) is 0 Å². The van der Waals surface area contributed by atoms with Gasteiger partial charge in [-0.15, -0.1) is 11.6 Å². The number of halogens is 1. The van der Waals surface area contributed by atoms with Crippen molar-refractivity contribution in [1.82, 2.24) is 0 Å². The van der Waals surface area contributed by atoms with Gasteiger partial charge in [0.2, 0.25) is 0 Å². The summed E-state index contributed by atoms with van der Waals surface area (Å²) in [5, 5.41) is -0.156. The summed E-state index contributed by atoms with van der Waals surface area (Å²) < 4.78 is 0. The SMILES string of the molecule is ClC(C=C(c1ccccc1)c1ccccc1)c1ccccc1. The van der Waals surface area contributed by atoms with Gasteiger partial charge >= 0.3 is 0 Å². The molecule has 0 radical (unpaired) electrons. The summed E-state index contributed by atoms with van der Waals surface area (Å²) in [4.78, 5) is 0. The van der Waals surface area contributed by atoms with Crippen molar-refractivity contribution in [3.63, 3.8) is 0 Å². The van der Waals surface area contributed by atoms with Crippen LogP contribution in [0.1, 0.15) is 22.1 Å². The minimum Gasteiger partial charge on any atom is -0.113 e. The Hall–Kier alpha value is -2.31. The Bertz CT molecular complexity index is 689. The van der Waals surface area contributed by atoms with Gasteiger partial charge in [0.15, 0.2) is 0 Å². The predicted molar refractivity (Wildman–Crippen MR) is 95.0 cm³/mol. The van der Waals surface area contributed by atoms with Crippen LogP contribution in [-0.2, 0) is 0 Å². The van der Waals surface area contributed by atoms with Crippen LogP contribution in [0.4, 0.5) is 0 Å². The van der Waals surface area contributed by atoms with E-state index in [2.05, 4.69) is 66.7 Å². The van der Waals surface area contributed by atoms with Crippen molar-refractivity contribution < 1.29 is 0 Å². The summed E-state index contributed by atoms with van der Waals surface area (Å²) >= 11 is 6.62. The number of alkyl halides is 1. The fourth-order valence-corrected chi connectivity index (χ4v) is 2.75. The van der Waals surface area contributed by atoms with Crippen molar-refractivity contribution >= 4 is 17.2 Å². The minimum absolute atomic E-state index is 0.156. The Balaban J connectivity index is 2.04. The van der Waals surface area contributed by atoms with Crippen LogP contribution in [0.5, 0.6) is 0 Å². The summed E-state index contributed by atoms with van der Waals surface area (Å²) in [7, 11) is 0. The van der Waals surface area contributed by atoms with Gasteiger partial charge in [-0.1, -0.05) is 97.1 Å². The first kappa shape index (κ1) is 14.6. The third-order valence-electron chi connectivity index (χ3n) is 3.60. The molecule has 0 spiro atoms. The van der Waals surface area contributed by atoms with E-state index in [1.807, 2.05) is 30.3 Å². The highest BCUT2D eigenvalue weighted by Gasteiger charge is 2.09. The molecule has 1 heteroatoms. The maximum absolute atomic E-state index is 6.62. The van der Waals surface area contributed by atoms with Crippen molar-refractivity contribution in [2.24, 2.45) is 0 Å². The van der Waals surface area contributed by atoms with Crippen molar-refractivity contribution in [1.29, 1.82) is 0 Å². The molecule has 0 saturated carbocycles. The molecule has 0 aromatic heterocycles. The van der Waals surface area contributed by atoms with Crippen LogP contribution in [0.3, 0.4) is 0 Å². The van der Waals surface area contributed by atoms with E-state index in [0.29, 0.717) is 0 Å². The molecular formula is C21H17Cl. The van der Waals surface area contributed by atoms with Gasteiger partial charge in [-0.3, -0.25) is 0 Å². The maximum atomic E-state index is 6.62. The zero-order chi connectivity index (χ0) is 15.2. The molecule has 0 aliphatic carbocycles. The Morgan fingerprint density at radius 1 is 0.636 bits per heavy atom. The highest BCUT2D eigenvalue weighted by molar-refractivity contribution is 6.22. The Morgan fingerprint density at radius 3 is 1.50 bits per heavy atom. The van der Waals surface area contributed by atoms with E-state index >= 15 is 0 Å². The van der Waals surface area contributed by atoms with E-state index < -0.39 is 0 Å². The molecule has 1 atom stereocenters. The van der Waals surface area contributed by atoms with Gasteiger partial charge in [-0.25, -0.2) is 0 Å². The molecule has 1 unspecified atom stereocenters. The first-order chi connectivity index (χ1) is 10.8. The zero-order valence-corrected chi connectivity index (χ0v) is 12.9. The lowest BCUT2D eigenvalue weighted by molar-refractivity contribution is 1.21. The number of hydrogen-bond donors (Lipinski definition) is 0. The van der Waals surface area contributed by atoms with Gasteiger partial charge in [0.25, 0.3) is 0 Å². The van der Waals surface area contributed by atoms with E-state index in [1.54, 1.807) is 0 Å². The molecule has 22 heavy (non-hydrogen) atoms. The minimum atomic E-state index is -0.156. The molecule has 108 valence electrons. The third kappa shape index (κ3) is 3.47. The second-order valence-electron chi connectivity index (χ2n) is 5.12. The Morgan fingerprint density at radius 2 is 1.05 bits per heavy atom. The van der Waals surface area contributed by atoms with E-state index in [4.69, 9.17) is 11.6 Å². The van der Waals surface area contributed by atoms with Gasteiger partial charge in [0.1, 0.15) is 0 Å². The second kappa shape index (κ2) is 7.11. The Kier molecular flexibility index (Phi) is 4.72. The van der Waals surface area contributed by atoms with E-state index in [9.17, 15) is 0 Å². The van der Waals surface area contributed by atoms with Gasteiger partial charge < -0.3 is 0 Å². The van der Waals surface area contributed by atoms with Crippen LogP contribution in [0.2, 0.25) is 0 Å². The van der Waals surface area contributed by atoms with Crippen LogP contribution < -0.4 is 0 Å². The second-order valence-corrected chi connectivity index (χ2v) is 5.60. The molecule has 0 fully saturated rings. The van der Waals surface area contributed by atoms with E-state index in [1.165, 1.54) is 11.1 Å². The van der Waals surface area contributed by atoms with Crippen molar-refractivity contribution in [3.8, 4) is 0 Å². The smallest absolute Gasteiger partial charge is 0.0775 e. The molecular weight excluding hydrogens is 288 g/mol. The number of allylic oxidation sites excluding steroid dienone is 1. The summed E-state index contributed by atoms with van der Waals surface area (Å²) in [6.07, 6.45) is 2.13. The summed E-state index contributed by atoms with van der Waals surface area (Å²) in [5.41, 5.74) is 4.61. The lowest BCUT2D eigenvalue weighted by atomic mass is 9.96. The molecule has 3 rings (SSSR count). The first-order valence-corrected chi connectivity index (χ1v) is 7.80. The topological polar surface area (TPSA) is 0 Å². The highest BCUT2D eigenvalue weighted by atomic mass is 35.5. The Labute approximate surface area is 136 Å². The lowest BCUT2D eigenvalue weighted by Crippen LogP contribution is -1.92. The highest BCUT2D eigenvalue weighted by Crippen LogP contribution is 2.30. The van der Waals surface area contributed by atoms with Gasteiger partial charge in [-0.2, -0.15) is 0 Å². The quantitative estimate of drug-likeness (QED) is 0.511. The summed E-state index contributed by atoms with van der Waals surface area (Å²) in [6.45, 7) is 0. The zero-order valence-electron chi connectivity index (χ0n) is 12.2. The van der Waals surface area contributed by atoms with Crippen LogP contribution in [0.15, 0.2) is 97.1 Å². The van der Waals surface area contributed by atoms with Crippen LogP contribution in [0.25, 0.3) is 5.57 Å². The van der Waals surface area contributed by atoms with E-state index in [0.717, 1.165) is 11.1 Å². The molecule has 0 aliphatic rings. The summed E-state index contributed by atoms with van der Waals surface area (Å²) in [5.74, 6) is 0. The maximum Gasteiger partial charge on any atom is 0.0775 e. The van der Waals surface area contributed by atoms with E-state index in [-0.39, 0.29) is 5.38 Å². The molecule has 0 saturated heterocycles. The number of rotatable bonds is 4. The summed E-state index contributed by atoms with van der Waals surface area (Å²) in [6, 6.07) is 30.9. The molecule has 0 aliphatic heterocycles. The molecule has 0 bridgehead atoms. The standard InChI is InChI=1S/C21H17Cl/c22-21(19-14-8-3-9-15-19)16-20(17-10-4-1-5-11-17)18-12-6-2-7-13-18/h1-16,21H. The lowest BCUT2D eigenvalue weighted by Gasteiger charge is -2.12. The molecule has 3 aromatic carbocycles. The molecule has 0 N–H and O–H groups in total. The van der Waals surface area contributed by atoms with Crippen molar-refractivity contribution in [2.45, 2.75) is 5.38 Å². The number of hydrogen-bond acceptors (Lipinski definition) is 0. The fraction of sp³-hybridized carbons (Fsp3) is 0.0476. The molecule has 3 aromatic rings. The molecule has 0 amide bonds. The average molecular weight is 305 g/mol. The number of benzene rings is 3. The van der Waals surface area contributed by atoms with Crippen LogP contribution >= 0.6 is 11.6 Å². The van der Waals surface area contributed by atoms with Crippen molar-refractivity contribution in [2.75, 3.05) is 0 Å². The third-order valence-corrected chi connectivity index (χ3v) is 3.98. The van der Waals surface area contributed by atoms with Crippen molar-refractivity contribution in [3.05, 3.63) is 114 Å². The van der Waals surface area contributed by atoms with Gasteiger partial charge in [-0.05, 0) is 22.3 Å². The normalized spacial score (nSPS) is 11.7. The predicted octanol–water partition coefficient (Wildman–Crippen LogP) is 6.10. The molecule has 0 nitrogen and oxygen atoms in total. The van der Waals surface area contributed by atoms with Gasteiger partial charge in [0.05, 0.1) is 5.38 Å². The average Bonchev–Trinajstić information content (AvgIpc) is 2.62. The van der Waals surface area contributed by atoms with Gasteiger partial charge in [0, 0.05) is 0 Å². The monoisotopic (exact) mass is 304 g/mol. The first-order valence-electron chi connectivity index (χ1n) is 7.36. The molecule has 0 heterocycles.